The second kappa shape index (κ2) is 6.56. The molecule has 0 heterocycles. The van der Waals surface area contributed by atoms with Gasteiger partial charge in [-0.1, -0.05) is 30.3 Å². The van der Waals surface area contributed by atoms with Gasteiger partial charge in [0.1, 0.15) is 5.75 Å². The highest BCUT2D eigenvalue weighted by molar-refractivity contribution is 9.10. The van der Waals surface area contributed by atoms with Crippen molar-refractivity contribution in [1.82, 2.24) is 0 Å². The molecule has 0 aliphatic heterocycles. The second-order valence-electron chi connectivity index (χ2n) is 4.52. The number of primary sulfonamides is 1. The van der Waals surface area contributed by atoms with E-state index in [1.54, 1.807) is 0 Å². The molecular weight excluding hydrogens is 342 g/mol. The van der Waals surface area contributed by atoms with Crippen LogP contribution in [0.15, 0.2) is 40.9 Å². The molecule has 6 heteroatoms. The SMILES string of the molecule is NS(=O)(=O)CCCCOc1ccc2ccccc2c1Br. The molecule has 2 aromatic rings. The van der Waals surface area contributed by atoms with Gasteiger partial charge in [0.25, 0.3) is 0 Å². The molecule has 0 saturated heterocycles. The Labute approximate surface area is 127 Å². The van der Waals surface area contributed by atoms with E-state index in [0.717, 1.165) is 21.0 Å². The molecule has 0 spiro atoms. The fourth-order valence-corrected chi connectivity index (χ4v) is 3.13. The average molecular weight is 358 g/mol. The summed E-state index contributed by atoms with van der Waals surface area (Å²) in [6.45, 7) is 0.465. The van der Waals surface area contributed by atoms with Crippen molar-refractivity contribution in [3.05, 3.63) is 40.9 Å². The van der Waals surface area contributed by atoms with E-state index < -0.39 is 10.0 Å². The highest BCUT2D eigenvalue weighted by Gasteiger charge is 2.06. The zero-order valence-corrected chi connectivity index (χ0v) is 13.3. The Hall–Kier alpha value is -1.11. The van der Waals surface area contributed by atoms with E-state index in [1.807, 2.05) is 36.4 Å². The predicted molar refractivity (Wildman–Crippen MR) is 84.4 cm³/mol. The first-order valence-corrected chi connectivity index (χ1v) is 8.79. The minimum Gasteiger partial charge on any atom is -0.492 e. The number of halogens is 1. The largest absolute Gasteiger partial charge is 0.492 e. The lowest BCUT2D eigenvalue weighted by atomic mass is 10.1. The summed E-state index contributed by atoms with van der Waals surface area (Å²) in [6, 6.07) is 11.9. The lowest BCUT2D eigenvalue weighted by molar-refractivity contribution is 0.308. The third-order valence-electron chi connectivity index (χ3n) is 2.91. The zero-order valence-electron chi connectivity index (χ0n) is 10.9. The van der Waals surface area contributed by atoms with Gasteiger partial charge in [-0.25, -0.2) is 13.6 Å². The molecule has 2 N–H and O–H groups in total. The molecule has 0 aliphatic rings. The Kier molecular flexibility index (Phi) is 5.01. The van der Waals surface area contributed by atoms with Crippen molar-refractivity contribution in [3.63, 3.8) is 0 Å². The summed E-state index contributed by atoms with van der Waals surface area (Å²) in [6.07, 6.45) is 1.15. The van der Waals surface area contributed by atoms with Gasteiger partial charge in [-0.3, -0.25) is 0 Å². The maximum Gasteiger partial charge on any atom is 0.209 e. The molecule has 2 rings (SSSR count). The van der Waals surface area contributed by atoms with Crippen LogP contribution in [-0.2, 0) is 10.0 Å². The molecule has 0 atom stereocenters. The van der Waals surface area contributed by atoms with Gasteiger partial charge in [-0.05, 0) is 45.6 Å². The summed E-state index contributed by atoms with van der Waals surface area (Å²) in [5.41, 5.74) is 0. The molecule has 20 heavy (non-hydrogen) atoms. The molecule has 0 aliphatic carbocycles. The molecule has 0 saturated carbocycles. The average Bonchev–Trinajstić information content (AvgIpc) is 2.40. The maximum absolute atomic E-state index is 10.8. The first kappa shape index (κ1) is 15.3. The Balaban J connectivity index is 1.95. The number of sulfonamides is 1. The molecule has 0 aromatic heterocycles. The first-order valence-electron chi connectivity index (χ1n) is 6.28. The van der Waals surface area contributed by atoms with Gasteiger partial charge in [-0.15, -0.1) is 0 Å². The van der Waals surface area contributed by atoms with Crippen molar-refractivity contribution in [1.29, 1.82) is 0 Å². The third-order valence-corrected chi connectivity index (χ3v) is 4.58. The first-order chi connectivity index (χ1) is 9.47. The van der Waals surface area contributed by atoms with Gasteiger partial charge >= 0.3 is 0 Å². The van der Waals surface area contributed by atoms with Gasteiger partial charge < -0.3 is 4.74 Å². The van der Waals surface area contributed by atoms with Crippen LogP contribution in [0.3, 0.4) is 0 Å². The molecule has 0 unspecified atom stereocenters. The van der Waals surface area contributed by atoms with Crippen LogP contribution in [0.25, 0.3) is 10.8 Å². The Morgan fingerprint density at radius 3 is 2.60 bits per heavy atom. The summed E-state index contributed by atoms with van der Waals surface area (Å²) in [4.78, 5) is 0. The Morgan fingerprint density at radius 1 is 1.10 bits per heavy atom. The number of ether oxygens (including phenoxy) is 1. The van der Waals surface area contributed by atoms with Crippen LogP contribution in [0, 0.1) is 0 Å². The quantitative estimate of drug-likeness (QED) is 0.807. The number of hydrogen-bond donors (Lipinski definition) is 1. The van der Waals surface area contributed by atoms with Crippen LogP contribution in [0.5, 0.6) is 5.75 Å². The van der Waals surface area contributed by atoms with Crippen LogP contribution >= 0.6 is 15.9 Å². The highest BCUT2D eigenvalue weighted by Crippen LogP contribution is 2.33. The smallest absolute Gasteiger partial charge is 0.209 e. The van der Waals surface area contributed by atoms with Crippen LogP contribution in [-0.4, -0.2) is 20.8 Å². The second-order valence-corrected chi connectivity index (χ2v) is 7.05. The number of rotatable bonds is 6. The van der Waals surface area contributed by atoms with Gasteiger partial charge in [-0.2, -0.15) is 0 Å². The topological polar surface area (TPSA) is 69.4 Å². The number of nitrogens with two attached hydrogens (primary N) is 1. The molecule has 0 bridgehead atoms. The van der Waals surface area contributed by atoms with E-state index in [0.29, 0.717) is 19.4 Å². The lowest BCUT2D eigenvalue weighted by Gasteiger charge is -2.10. The van der Waals surface area contributed by atoms with Crippen LogP contribution in [0.4, 0.5) is 0 Å². The van der Waals surface area contributed by atoms with Crippen LogP contribution < -0.4 is 9.88 Å². The molecular formula is C14H16BrNO3S. The summed E-state index contributed by atoms with van der Waals surface area (Å²) in [5.74, 6) is 0.759. The van der Waals surface area contributed by atoms with Crippen LogP contribution in [0.1, 0.15) is 12.8 Å². The third kappa shape index (κ3) is 4.19. The van der Waals surface area contributed by atoms with E-state index >= 15 is 0 Å². The Bertz CT molecular complexity index is 701. The molecule has 2 aromatic carbocycles. The summed E-state index contributed by atoms with van der Waals surface area (Å²) >= 11 is 3.54. The van der Waals surface area contributed by atoms with Gasteiger partial charge in [0.05, 0.1) is 16.8 Å². The number of benzene rings is 2. The maximum atomic E-state index is 10.8. The monoisotopic (exact) mass is 357 g/mol. The summed E-state index contributed by atoms with van der Waals surface area (Å²) in [7, 11) is -3.37. The van der Waals surface area contributed by atoms with Crippen LogP contribution in [0.2, 0.25) is 0 Å². The summed E-state index contributed by atoms with van der Waals surface area (Å²) < 4.78 is 28.2. The van der Waals surface area contributed by atoms with Crippen molar-refractivity contribution in [2.45, 2.75) is 12.8 Å². The summed E-state index contributed by atoms with van der Waals surface area (Å²) in [5, 5.41) is 7.17. The fraction of sp³-hybridized carbons (Fsp3) is 0.286. The molecule has 0 amide bonds. The minimum absolute atomic E-state index is 0.00471. The van der Waals surface area contributed by atoms with Gasteiger partial charge in [0, 0.05) is 0 Å². The van der Waals surface area contributed by atoms with Crippen molar-refractivity contribution in [2.75, 3.05) is 12.4 Å². The minimum atomic E-state index is -3.37. The van der Waals surface area contributed by atoms with Crippen molar-refractivity contribution >= 4 is 36.7 Å². The van der Waals surface area contributed by atoms with E-state index in [4.69, 9.17) is 9.88 Å². The van der Waals surface area contributed by atoms with E-state index in [1.165, 1.54) is 0 Å². The van der Waals surface area contributed by atoms with Crippen molar-refractivity contribution < 1.29 is 13.2 Å². The molecule has 0 radical (unpaired) electrons. The van der Waals surface area contributed by atoms with Crippen molar-refractivity contribution in [2.24, 2.45) is 5.14 Å². The Morgan fingerprint density at radius 2 is 1.85 bits per heavy atom. The van der Waals surface area contributed by atoms with Crippen molar-refractivity contribution in [3.8, 4) is 5.75 Å². The highest BCUT2D eigenvalue weighted by atomic mass is 79.9. The normalized spacial score (nSPS) is 11.7. The zero-order chi connectivity index (χ0) is 14.6. The predicted octanol–water partition coefficient (Wildman–Crippen LogP) is 3.05. The fourth-order valence-electron chi connectivity index (χ4n) is 1.91. The van der Waals surface area contributed by atoms with E-state index in [2.05, 4.69) is 15.9 Å². The molecule has 4 nitrogen and oxygen atoms in total. The van der Waals surface area contributed by atoms with E-state index in [-0.39, 0.29) is 5.75 Å². The molecule has 0 fully saturated rings. The van der Waals surface area contributed by atoms with E-state index in [9.17, 15) is 8.42 Å². The number of fused-ring (bicyclic) bond motifs is 1. The van der Waals surface area contributed by atoms with Gasteiger partial charge in [0.2, 0.25) is 10.0 Å². The number of unbranched alkanes of at least 4 members (excludes halogenated alkanes) is 1. The number of hydrogen-bond acceptors (Lipinski definition) is 3. The molecule has 108 valence electrons. The lowest BCUT2D eigenvalue weighted by Crippen LogP contribution is -2.16. The standard InChI is InChI=1S/C14H16BrNO3S/c15-14-12-6-2-1-5-11(12)7-8-13(14)19-9-3-4-10-20(16,17)18/h1-2,5-8H,3-4,9-10H2,(H2,16,17,18). The van der Waals surface area contributed by atoms with Gasteiger partial charge in [0.15, 0.2) is 0 Å².